The van der Waals surface area contributed by atoms with Gasteiger partial charge < -0.3 is 5.32 Å². The Bertz CT molecular complexity index is 640. The first-order valence-electron chi connectivity index (χ1n) is 7.70. The summed E-state index contributed by atoms with van der Waals surface area (Å²) in [7, 11) is -1.26. The zero-order chi connectivity index (χ0) is 17.0. The zero-order valence-corrected chi connectivity index (χ0v) is 14.2. The van der Waals surface area contributed by atoms with E-state index in [4.69, 9.17) is 0 Å². The van der Waals surface area contributed by atoms with Crippen molar-refractivity contribution in [3.05, 3.63) is 35.4 Å². The molecule has 0 bridgehead atoms. The molecule has 1 fully saturated rings. The van der Waals surface area contributed by atoms with Gasteiger partial charge in [0.1, 0.15) is 0 Å². The Morgan fingerprint density at radius 2 is 2.00 bits per heavy atom. The molecule has 1 aliphatic heterocycles. The molecule has 130 valence electrons. The van der Waals surface area contributed by atoms with Crippen molar-refractivity contribution in [1.82, 2.24) is 14.9 Å². The minimum Gasteiger partial charge on any atom is -0.311 e. The van der Waals surface area contributed by atoms with E-state index in [-0.39, 0.29) is 17.8 Å². The molecule has 0 spiro atoms. The van der Waals surface area contributed by atoms with Crippen LogP contribution in [0.4, 0.5) is 8.78 Å². The van der Waals surface area contributed by atoms with Crippen molar-refractivity contribution in [2.24, 2.45) is 0 Å². The van der Waals surface area contributed by atoms with Crippen LogP contribution in [0.3, 0.4) is 0 Å². The van der Waals surface area contributed by atoms with Gasteiger partial charge >= 0.3 is 0 Å². The van der Waals surface area contributed by atoms with Crippen molar-refractivity contribution in [1.29, 1.82) is 0 Å². The van der Waals surface area contributed by atoms with Gasteiger partial charge in [-0.3, -0.25) is 4.90 Å². The molecule has 2 atom stereocenters. The summed E-state index contributed by atoms with van der Waals surface area (Å²) in [6.45, 7) is 3.21. The molecular weight excluding hydrogens is 324 g/mol. The van der Waals surface area contributed by atoms with Gasteiger partial charge in [-0.2, -0.15) is 0 Å². The summed E-state index contributed by atoms with van der Waals surface area (Å²) in [6.07, 6.45) is 0.862. The van der Waals surface area contributed by atoms with Gasteiger partial charge in [-0.1, -0.05) is 6.07 Å². The maximum atomic E-state index is 13.5. The first-order chi connectivity index (χ1) is 10.8. The van der Waals surface area contributed by atoms with Crippen molar-refractivity contribution in [3.63, 3.8) is 0 Å². The van der Waals surface area contributed by atoms with Crippen LogP contribution in [0.1, 0.15) is 24.9 Å². The molecule has 23 heavy (non-hydrogen) atoms. The van der Waals surface area contributed by atoms with Gasteiger partial charge in [0.05, 0.1) is 5.75 Å². The summed E-state index contributed by atoms with van der Waals surface area (Å²) in [5.74, 6) is -1.65. The standard InChI is InChI=1S/C15H23F2N3O2S/c1-3-23(21,22)19-8-7-18-14-6-9-20(2)15(14)11-4-5-12(16)13(17)10-11/h4-5,10,14-15,18-19H,3,6-9H2,1-2H3. The lowest BCUT2D eigenvalue weighted by molar-refractivity contribution is 0.286. The fourth-order valence-corrected chi connectivity index (χ4v) is 3.53. The van der Waals surface area contributed by atoms with Gasteiger partial charge in [0.25, 0.3) is 0 Å². The number of benzene rings is 1. The lowest BCUT2D eigenvalue weighted by Gasteiger charge is -2.26. The third kappa shape index (κ3) is 4.69. The fourth-order valence-electron chi connectivity index (χ4n) is 2.91. The molecule has 8 heteroatoms. The van der Waals surface area contributed by atoms with Crippen LogP contribution in [-0.2, 0) is 10.0 Å². The Morgan fingerprint density at radius 1 is 1.26 bits per heavy atom. The Hall–Kier alpha value is -1.09. The molecule has 0 amide bonds. The number of rotatable bonds is 7. The smallest absolute Gasteiger partial charge is 0.211 e. The minimum atomic E-state index is -3.19. The topological polar surface area (TPSA) is 61.4 Å². The first kappa shape index (κ1) is 18.3. The van der Waals surface area contributed by atoms with Crippen molar-refractivity contribution in [2.45, 2.75) is 25.4 Å². The van der Waals surface area contributed by atoms with Crippen LogP contribution >= 0.6 is 0 Å². The number of likely N-dealkylation sites (tertiary alicyclic amines) is 1. The first-order valence-corrected chi connectivity index (χ1v) is 9.35. The summed E-state index contributed by atoms with van der Waals surface area (Å²) < 4.78 is 51.8. The van der Waals surface area contributed by atoms with E-state index in [1.54, 1.807) is 13.0 Å². The number of halogens is 2. The van der Waals surface area contributed by atoms with E-state index in [0.29, 0.717) is 13.1 Å². The molecule has 1 saturated heterocycles. The molecule has 1 aromatic rings. The van der Waals surface area contributed by atoms with Crippen molar-refractivity contribution >= 4 is 10.0 Å². The van der Waals surface area contributed by atoms with E-state index < -0.39 is 21.7 Å². The molecule has 1 aliphatic rings. The number of likely N-dealkylation sites (N-methyl/N-ethyl adjacent to an activating group) is 1. The van der Waals surface area contributed by atoms with Gasteiger partial charge in [-0.05, 0) is 38.1 Å². The maximum absolute atomic E-state index is 13.5. The molecular formula is C15H23F2N3O2S. The maximum Gasteiger partial charge on any atom is 0.211 e. The lowest BCUT2D eigenvalue weighted by atomic mass is 10.00. The predicted molar refractivity (Wildman–Crippen MR) is 85.6 cm³/mol. The second-order valence-corrected chi connectivity index (χ2v) is 7.84. The van der Waals surface area contributed by atoms with E-state index in [9.17, 15) is 17.2 Å². The average Bonchev–Trinajstić information content (AvgIpc) is 2.87. The van der Waals surface area contributed by atoms with E-state index in [0.717, 1.165) is 24.6 Å². The molecule has 0 saturated carbocycles. The highest BCUT2D eigenvalue weighted by Gasteiger charge is 2.33. The number of hydrogen-bond donors (Lipinski definition) is 2. The number of nitrogens with one attached hydrogen (secondary N) is 2. The van der Waals surface area contributed by atoms with Gasteiger partial charge in [0.15, 0.2) is 11.6 Å². The van der Waals surface area contributed by atoms with Crippen molar-refractivity contribution in [3.8, 4) is 0 Å². The van der Waals surface area contributed by atoms with E-state index in [2.05, 4.69) is 14.9 Å². The highest BCUT2D eigenvalue weighted by molar-refractivity contribution is 7.89. The molecule has 2 N–H and O–H groups in total. The second-order valence-electron chi connectivity index (χ2n) is 5.75. The monoisotopic (exact) mass is 347 g/mol. The van der Waals surface area contributed by atoms with Crippen LogP contribution in [0, 0.1) is 11.6 Å². The van der Waals surface area contributed by atoms with Crippen LogP contribution < -0.4 is 10.0 Å². The molecule has 0 aliphatic carbocycles. The van der Waals surface area contributed by atoms with Crippen LogP contribution in [0.2, 0.25) is 0 Å². The summed E-state index contributed by atoms with van der Waals surface area (Å²) >= 11 is 0. The van der Waals surface area contributed by atoms with Gasteiger partial charge in [-0.15, -0.1) is 0 Å². The third-order valence-electron chi connectivity index (χ3n) is 4.17. The fraction of sp³-hybridized carbons (Fsp3) is 0.600. The Labute approximate surface area is 136 Å². The van der Waals surface area contributed by atoms with Gasteiger partial charge in [0, 0.05) is 31.7 Å². The molecule has 1 heterocycles. The van der Waals surface area contributed by atoms with Crippen molar-refractivity contribution < 1.29 is 17.2 Å². The van der Waals surface area contributed by atoms with Crippen LogP contribution in [0.5, 0.6) is 0 Å². The van der Waals surface area contributed by atoms with Gasteiger partial charge in [0.2, 0.25) is 10.0 Å². The molecule has 0 aromatic heterocycles. The van der Waals surface area contributed by atoms with Crippen LogP contribution in [-0.4, -0.2) is 51.8 Å². The van der Waals surface area contributed by atoms with E-state index in [1.807, 2.05) is 7.05 Å². The highest BCUT2D eigenvalue weighted by Crippen LogP contribution is 2.31. The number of sulfonamides is 1. The summed E-state index contributed by atoms with van der Waals surface area (Å²) in [6, 6.07) is 3.97. The minimum absolute atomic E-state index is 0.0522. The normalized spacial score (nSPS) is 22.6. The second kappa shape index (κ2) is 7.65. The Kier molecular flexibility index (Phi) is 6.07. The Morgan fingerprint density at radius 3 is 2.65 bits per heavy atom. The summed E-state index contributed by atoms with van der Waals surface area (Å²) in [5, 5.41) is 3.31. The Balaban J connectivity index is 1.97. The largest absolute Gasteiger partial charge is 0.311 e. The molecule has 2 unspecified atom stereocenters. The SMILES string of the molecule is CCS(=O)(=O)NCCNC1CCN(C)C1c1ccc(F)c(F)c1. The molecule has 5 nitrogen and oxygen atoms in total. The quantitative estimate of drug-likeness (QED) is 0.729. The molecule has 0 radical (unpaired) electrons. The number of nitrogens with zero attached hydrogens (tertiary/aromatic N) is 1. The summed E-state index contributed by atoms with van der Waals surface area (Å²) in [4.78, 5) is 2.08. The summed E-state index contributed by atoms with van der Waals surface area (Å²) in [5.41, 5.74) is 0.718. The van der Waals surface area contributed by atoms with Crippen molar-refractivity contribution in [2.75, 3.05) is 32.4 Å². The van der Waals surface area contributed by atoms with Crippen LogP contribution in [0.15, 0.2) is 18.2 Å². The number of hydrogen-bond acceptors (Lipinski definition) is 4. The van der Waals surface area contributed by atoms with Gasteiger partial charge in [-0.25, -0.2) is 21.9 Å². The average molecular weight is 347 g/mol. The van der Waals surface area contributed by atoms with E-state index in [1.165, 1.54) is 6.07 Å². The zero-order valence-electron chi connectivity index (χ0n) is 13.4. The van der Waals surface area contributed by atoms with E-state index >= 15 is 0 Å². The predicted octanol–water partition coefficient (Wildman–Crippen LogP) is 1.24. The molecule has 1 aromatic carbocycles. The highest BCUT2D eigenvalue weighted by atomic mass is 32.2. The third-order valence-corrected chi connectivity index (χ3v) is 5.57. The lowest BCUT2D eigenvalue weighted by Crippen LogP contribution is -2.40. The van der Waals surface area contributed by atoms with Crippen LogP contribution in [0.25, 0.3) is 0 Å². The molecule has 2 rings (SSSR count).